The average Bonchev–Trinajstić information content (AvgIpc) is 3.07. The summed E-state index contributed by atoms with van der Waals surface area (Å²) in [6, 6.07) is 6.94. The van der Waals surface area contributed by atoms with Gasteiger partial charge in [-0.05, 0) is 43.9 Å². The van der Waals surface area contributed by atoms with E-state index in [0.29, 0.717) is 32.5 Å². The summed E-state index contributed by atoms with van der Waals surface area (Å²) in [4.78, 5) is 15.6. The lowest BCUT2D eigenvalue weighted by Crippen LogP contribution is -2.42. The Morgan fingerprint density at radius 1 is 0.966 bits per heavy atom. The summed E-state index contributed by atoms with van der Waals surface area (Å²) >= 11 is 0. The van der Waals surface area contributed by atoms with Crippen LogP contribution in [0.1, 0.15) is 31.2 Å². The van der Waals surface area contributed by atoms with Crippen LogP contribution in [0, 0.1) is 0 Å². The fourth-order valence-electron chi connectivity index (χ4n) is 4.72. The number of carbonyl (C=O) groups is 1. The van der Waals surface area contributed by atoms with Crippen molar-refractivity contribution in [1.82, 2.24) is 5.32 Å². The van der Waals surface area contributed by atoms with E-state index < -0.39 is 0 Å². The third kappa shape index (κ3) is 3.74. The molecule has 4 heterocycles. The van der Waals surface area contributed by atoms with Gasteiger partial charge in [-0.1, -0.05) is 0 Å². The number of amides is 1. The molecule has 7 heteroatoms. The Morgan fingerprint density at radius 2 is 1.72 bits per heavy atom. The lowest BCUT2D eigenvalue weighted by molar-refractivity contribution is -0.113. The van der Waals surface area contributed by atoms with Crippen LogP contribution in [0.4, 0.5) is 11.4 Å². The summed E-state index contributed by atoms with van der Waals surface area (Å²) in [5.74, 6) is 0.0862. The highest BCUT2D eigenvalue weighted by Crippen LogP contribution is 2.42. The molecule has 156 valence electrons. The van der Waals surface area contributed by atoms with Crippen molar-refractivity contribution in [3.63, 3.8) is 0 Å². The van der Waals surface area contributed by atoms with E-state index >= 15 is 0 Å². The highest BCUT2D eigenvalue weighted by Gasteiger charge is 2.39. The zero-order valence-electron chi connectivity index (χ0n) is 16.7. The maximum absolute atomic E-state index is 13.6. The number of ether oxygens (including phenoxy) is 3. The SMILES string of the molecule is O=C1/C(=C2/COCCN2)c2cc(NC3CCOCC3)ccc2N1C1CCOCC1. The normalized spacial score (nSPS) is 26.3. The first-order chi connectivity index (χ1) is 14.3. The average molecular weight is 399 g/mol. The van der Waals surface area contributed by atoms with Crippen molar-refractivity contribution >= 4 is 22.9 Å². The number of nitrogens with one attached hydrogen (secondary N) is 2. The van der Waals surface area contributed by atoms with Crippen molar-refractivity contribution in [2.24, 2.45) is 0 Å². The van der Waals surface area contributed by atoms with Gasteiger partial charge in [-0.2, -0.15) is 0 Å². The summed E-state index contributed by atoms with van der Waals surface area (Å²) < 4.78 is 16.6. The first kappa shape index (κ1) is 18.9. The minimum atomic E-state index is 0.0862. The number of fused-ring (bicyclic) bond motifs is 1. The van der Waals surface area contributed by atoms with E-state index in [2.05, 4.69) is 28.8 Å². The molecule has 29 heavy (non-hydrogen) atoms. The van der Waals surface area contributed by atoms with Gasteiger partial charge in [0.1, 0.15) is 0 Å². The zero-order valence-corrected chi connectivity index (χ0v) is 16.7. The minimum Gasteiger partial charge on any atom is -0.383 e. The summed E-state index contributed by atoms with van der Waals surface area (Å²) in [5.41, 5.74) is 4.75. The molecule has 7 nitrogen and oxygen atoms in total. The molecule has 0 unspecified atom stereocenters. The van der Waals surface area contributed by atoms with E-state index in [9.17, 15) is 4.79 Å². The standard InChI is InChI=1S/C22H29N3O4/c26-22-21(19-14-29-12-7-23-19)18-13-16(24-15-3-8-27-9-4-15)1-2-20(18)25(22)17-5-10-28-11-6-17/h1-2,13,15,17,23-24H,3-12,14H2/b21-19-. The number of hydrogen-bond acceptors (Lipinski definition) is 6. The van der Waals surface area contributed by atoms with E-state index in [1.807, 2.05) is 4.90 Å². The second-order valence-electron chi connectivity index (χ2n) is 8.11. The number of hydrogen-bond donors (Lipinski definition) is 2. The van der Waals surface area contributed by atoms with Crippen molar-refractivity contribution in [1.29, 1.82) is 0 Å². The van der Waals surface area contributed by atoms with Crippen LogP contribution in [-0.2, 0) is 19.0 Å². The number of benzene rings is 1. The van der Waals surface area contributed by atoms with Crippen molar-refractivity contribution in [3.05, 3.63) is 29.5 Å². The number of anilines is 2. The van der Waals surface area contributed by atoms with Crippen molar-refractivity contribution < 1.29 is 19.0 Å². The molecular formula is C22H29N3O4. The van der Waals surface area contributed by atoms with Crippen LogP contribution in [0.25, 0.3) is 5.57 Å². The largest absolute Gasteiger partial charge is 0.383 e. The monoisotopic (exact) mass is 399 g/mol. The van der Waals surface area contributed by atoms with E-state index in [0.717, 1.165) is 73.7 Å². The molecule has 3 fully saturated rings. The van der Waals surface area contributed by atoms with Crippen LogP contribution < -0.4 is 15.5 Å². The van der Waals surface area contributed by atoms with E-state index in [1.165, 1.54) is 0 Å². The van der Waals surface area contributed by atoms with Crippen LogP contribution in [0.5, 0.6) is 0 Å². The first-order valence-corrected chi connectivity index (χ1v) is 10.8. The van der Waals surface area contributed by atoms with Crippen molar-refractivity contribution in [2.45, 2.75) is 37.8 Å². The van der Waals surface area contributed by atoms with Gasteiger partial charge in [0.25, 0.3) is 5.91 Å². The summed E-state index contributed by atoms with van der Waals surface area (Å²) in [6.45, 7) is 4.89. The summed E-state index contributed by atoms with van der Waals surface area (Å²) in [7, 11) is 0. The highest BCUT2D eigenvalue weighted by molar-refractivity contribution is 6.33. The molecule has 1 aromatic carbocycles. The Morgan fingerprint density at radius 3 is 2.45 bits per heavy atom. The Hall–Kier alpha value is -2.09. The van der Waals surface area contributed by atoms with Gasteiger partial charge in [-0.15, -0.1) is 0 Å². The lowest BCUT2D eigenvalue weighted by Gasteiger charge is -2.31. The Labute approximate surface area is 171 Å². The van der Waals surface area contributed by atoms with Crippen LogP contribution in [0.15, 0.2) is 23.9 Å². The van der Waals surface area contributed by atoms with Gasteiger partial charge in [0, 0.05) is 56.3 Å². The molecule has 0 aromatic heterocycles. The second kappa shape index (κ2) is 8.34. The van der Waals surface area contributed by atoms with E-state index in [1.54, 1.807) is 0 Å². The summed E-state index contributed by atoms with van der Waals surface area (Å²) in [6.07, 6.45) is 3.76. The van der Waals surface area contributed by atoms with Gasteiger partial charge in [0.15, 0.2) is 0 Å². The molecule has 1 aromatic rings. The van der Waals surface area contributed by atoms with E-state index in [-0.39, 0.29) is 11.9 Å². The van der Waals surface area contributed by atoms with Gasteiger partial charge in [-0.25, -0.2) is 0 Å². The molecule has 1 amide bonds. The van der Waals surface area contributed by atoms with Gasteiger partial charge >= 0.3 is 0 Å². The number of rotatable bonds is 3. The molecule has 0 saturated carbocycles. The van der Waals surface area contributed by atoms with Gasteiger partial charge in [-0.3, -0.25) is 4.79 Å². The second-order valence-corrected chi connectivity index (χ2v) is 8.11. The number of nitrogens with zero attached hydrogens (tertiary/aromatic N) is 1. The maximum Gasteiger partial charge on any atom is 0.261 e. The van der Waals surface area contributed by atoms with E-state index in [4.69, 9.17) is 14.2 Å². The molecule has 5 rings (SSSR count). The Bertz CT molecular complexity index is 789. The van der Waals surface area contributed by atoms with Gasteiger partial charge < -0.3 is 29.7 Å². The molecule has 3 saturated heterocycles. The first-order valence-electron chi connectivity index (χ1n) is 10.8. The number of morpholine rings is 1. The third-order valence-corrected chi connectivity index (χ3v) is 6.24. The van der Waals surface area contributed by atoms with Gasteiger partial charge in [0.05, 0.1) is 30.2 Å². The minimum absolute atomic E-state index is 0.0862. The highest BCUT2D eigenvalue weighted by atomic mass is 16.5. The van der Waals surface area contributed by atoms with Crippen LogP contribution in [0.3, 0.4) is 0 Å². The predicted molar refractivity (Wildman–Crippen MR) is 111 cm³/mol. The van der Waals surface area contributed by atoms with Crippen molar-refractivity contribution in [2.75, 3.05) is 56.4 Å². The van der Waals surface area contributed by atoms with Crippen LogP contribution in [-0.4, -0.2) is 64.2 Å². The van der Waals surface area contributed by atoms with Gasteiger partial charge in [0.2, 0.25) is 0 Å². The molecule has 4 aliphatic rings. The smallest absolute Gasteiger partial charge is 0.261 e. The molecule has 4 aliphatic heterocycles. The molecular weight excluding hydrogens is 370 g/mol. The fourth-order valence-corrected chi connectivity index (χ4v) is 4.72. The fraction of sp³-hybridized carbons (Fsp3) is 0.591. The quantitative estimate of drug-likeness (QED) is 0.759. The zero-order chi connectivity index (χ0) is 19.6. The predicted octanol–water partition coefficient (Wildman–Crippen LogP) is 2.13. The topological polar surface area (TPSA) is 72.1 Å². The Balaban J connectivity index is 1.50. The molecule has 0 aliphatic carbocycles. The van der Waals surface area contributed by atoms with Crippen molar-refractivity contribution in [3.8, 4) is 0 Å². The lowest BCUT2D eigenvalue weighted by atomic mass is 10.0. The van der Waals surface area contributed by atoms with Crippen LogP contribution in [0.2, 0.25) is 0 Å². The Kier molecular flexibility index (Phi) is 5.44. The molecule has 0 atom stereocenters. The maximum atomic E-state index is 13.6. The van der Waals surface area contributed by atoms with Crippen LogP contribution >= 0.6 is 0 Å². The molecule has 0 bridgehead atoms. The molecule has 0 spiro atoms. The molecule has 0 radical (unpaired) electrons. The third-order valence-electron chi connectivity index (χ3n) is 6.24. The number of carbonyl (C=O) groups excluding carboxylic acids is 1. The molecule has 2 N–H and O–H groups in total. The summed E-state index contributed by atoms with van der Waals surface area (Å²) in [5, 5.41) is 7.04.